The van der Waals surface area contributed by atoms with Gasteiger partial charge >= 0.3 is 0 Å². The van der Waals surface area contributed by atoms with Gasteiger partial charge in [-0.15, -0.1) is 0 Å². The molecule has 3 aromatic rings. The number of likely N-dealkylation sites (tertiary alicyclic amines) is 1. The summed E-state index contributed by atoms with van der Waals surface area (Å²) in [6.45, 7) is 2.31. The SMILES string of the molecule is CN(C)C1CCN(C(=O)c2cc3ccccc3n2Cc2ccncc2)CC1. The predicted molar refractivity (Wildman–Crippen MR) is 108 cm³/mol. The maximum absolute atomic E-state index is 13.3. The van der Waals surface area contributed by atoms with Crippen LogP contribution in [0.25, 0.3) is 10.9 Å². The number of hydrogen-bond donors (Lipinski definition) is 0. The Kier molecular flexibility index (Phi) is 4.94. The van der Waals surface area contributed by atoms with Crippen LogP contribution in [0, 0.1) is 0 Å². The highest BCUT2D eigenvalue weighted by molar-refractivity contribution is 5.99. The first-order valence-corrected chi connectivity index (χ1v) is 9.56. The molecule has 1 aromatic carbocycles. The van der Waals surface area contributed by atoms with Crippen molar-refractivity contribution < 1.29 is 4.79 Å². The average Bonchev–Trinajstić information content (AvgIpc) is 3.07. The van der Waals surface area contributed by atoms with Gasteiger partial charge in [-0.1, -0.05) is 18.2 Å². The molecule has 0 atom stereocenters. The number of fused-ring (bicyclic) bond motifs is 1. The van der Waals surface area contributed by atoms with Crippen molar-refractivity contribution in [3.05, 3.63) is 66.1 Å². The number of pyridine rings is 1. The monoisotopic (exact) mass is 362 g/mol. The van der Waals surface area contributed by atoms with E-state index >= 15 is 0 Å². The Labute approximate surface area is 160 Å². The molecular weight excluding hydrogens is 336 g/mol. The molecule has 27 heavy (non-hydrogen) atoms. The molecule has 0 bridgehead atoms. The van der Waals surface area contributed by atoms with Crippen LogP contribution in [0.2, 0.25) is 0 Å². The van der Waals surface area contributed by atoms with Gasteiger partial charge in [0.2, 0.25) is 0 Å². The molecule has 1 aliphatic rings. The zero-order valence-electron chi connectivity index (χ0n) is 16.0. The van der Waals surface area contributed by atoms with Gasteiger partial charge in [0.15, 0.2) is 0 Å². The van der Waals surface area contributed by atoms with Crippen molar-refractivity contribution in [2.45, 2.75) is 25.4 Å². The summed E-state index contributed by atoms with van der Waals surface area (Å²) < 4.78 is 2.14. The zero-order valence-corrected chi connectivity index (χ0v) is 16.0. The van der Waals surface area contributed by atoms with Crippen LogP contribution in [0.4, 0.5) is 0 Å². The minimum absolute atomic E-state index is 0.137. The molecule has 5 nitrogen and oxygen atoms in total. The second kappa shape index (κ2) is 7.53. The molecule has 4 rings (SSSR count). The van der Waals surface area contributed by atoms with E-state index in [1.54, 1.807) is 12.4 Å². The Bertz CT molecular complexity index is 924. The van der Waals surface area contributed by atoms with Gasteiger partial charge in [-0.3, -0.25) is 9.78 Å². The smallest absolute Gasteiger partial charge is 0.270 e. The number of amides is 1. The van der Waals surface area contributed by atoms with Crippen molar-refractivity contribution in [1.29, 1.82) is 0 Å². The molecule has 0 spiro atoms. The van der Waals surface area contributed by atoms with E-state index in [2.05, 4.69) is 40.7 Å². The highest BCUT2D eigenvalue weighted by Gasteiger charge is 2.27. The number of piperidine rings is 1. The molecule has 0 N–H and O–H groups in total. The lowest BCUT2D eigenvalue weighted by Crippen LogP contribution is -2.44. The van der Waals surface area contributed by atoms with Crippen LogP contribution >= 0.6 is 0 Å². The second-order valence-electron chi connectivity index (χ2n) is 7.52. The maximum Gasteiger partial charge on any atom is 0.270 e. The van der Waals surface area contributed by atoms with Crippen LogP contribution in [0.15, 0.2) is 54.9 Å². The van der Waals surface area contributed by atoms with Gasteiger partial charge in [-0.25, -0.2) is 0 Å². The lowest BCUT2D eigenvalue weighted by Gasteiger charge is -2.35. The fraction of sp³-hybridized carbons (Fsp3) is 0.364. The van der Waals surface area contributed by atoms with E-state index in [-0.39, 0.29) is 5.91 Å². The summed E-state index contributed by atoms with van der Waals surface area (Å²) in [5, 5.41) is 1.11. The lowest BCUT2D eigenvalue weighted by molar-refractivity contribution is 0.0653. The molecule has 5 heteroatoms. The third-order valence-corrected chi connectivity index (χ3v) is 5.60. The van der Waals surface area contributed by atoms with Gasteiger partial charge in [-0.2, -0.15) is 0 Å². The van der Waals surface area contributed by atoms with Crippen LogP contribution < -0.4 is 0 Å². The van der Waals surface area contributed by atoms with Crippen LogP contribution in [-0.4, -0.2) is 58.5 Å². The molecule has 1 amide bonds. The molecule has 2 aromatic heterocycles. The van der Waals surface area contributed by atoms with E-state index in [1.807, 2.05) is 35.2 Å². The largest absolute Gasteiger partial charge is 0.337 e. The normalized spacial score (nSPS) is 15.6. The Morgan fingerprint density at radius 3 is 2.52 bits per heavy atom. The molecule has 1 fully saturated rings. The minimum Gasteiger partial charge on any atom is -0.337 e. The number of hydrogen-bond acceptors (Lipinski definition) is 3. The summed E-state index contributed by atoms with van der Waals surface area (Å²) in [5.41, 5.74) is 3.02. The molecule has 1 saturated heterocycles. The van der Waals surface area contributed by atoms with Gasteiger partial charge in [0, 0.05) is 49.0 Å². The number of nitrogens with zero attached hydrogens (tertiary/aromatic N) is 4. The molecular formula is C22H26N4O. The first-order valence-electron chi connectivity index (χ1n) is 9.56. The van der Waals surface area contributed by atoms with Gasteiger partial charge in [0.1, 0.15) is 5.69 Å². The third kappa shape index (κ3) is 3.60. The van der Waals surface area contributed by atoms with Crippen molar-refractivity contribution in [3.63, 3.8) is 0 Å². The highest BCUT2D eigenvalue weighted by atomic mass is 16.2. The van der Waals surface area contributed by atoms with Crippen molar-refractivity contribution in [2.75, 3.05) is 27.2 Å². The molecule has 0 radical (unpaired) electrons. The number of carbonyl (C=O) groups is 1. The number of aromatic nitrogens is 2. The summed E-state index contributed by atoms with van der Waals surface area (Å²) in [6.07, 6.45) is 5.66. The quantitative estimate of drug-likeness (QED) is 0.715. The summed E-state index contributed by atoms with van der Waals surface area (Å²) in [5.74, 6) is 0.137. The van der Waals surface area contributed by atoms with Crippen molar-refractivity contribution in [1.82, 2.24) is 19.4 Å². The summed E-state index contributed by atoms with van der Waals surface area (Å²) >= 11 is 0. The van der Waals surface area contributed by atoms with E-state index < -0.39 is 0 Å². The van der Waals surface area contributed by atoms with Crippen LogP contribution in [0.5, 0.6) is 0 Å². The number of benzene rings is 1. The van der Waals surface area contributed by atoms with E-state index in [0.29, 0.717) is 12.6 Å². The predicted octanol–water partition coefficient (Wildman–Crippen LogP) is 3.25. The molecule has 0 saturated carbocycles. The van der Waals surface area contributed by atoms with E-state index in [1.165, 1.54) is 0 Å². The fourth-order valence-electron chi connectivity index (χ4n) is 3.98. The van der Waals surface area contributed by atoms with Crippen molar-refractivity contribution >= 4 is 16.8 Å². The molecule has 0 aliphatic carbocycles. The molecule has 0 unspecified atom stereocenters. The number of carbonyl (C=O) groups excluding carboxylic acids is 1. The lowest BCUT2D eigenvalue weighted by atomic mass is 10.0. The highest BCUT2D eigenvalue weighted by Crippen LogP contribution is 2.24. The first-order chi connectivity index (χ1) is 13.1. The van der Waals surface area contributed by atoms with E-state index in [4.69, 9.17) is 0 Å². The Hall–Kier alpha value is -2.66. The second-order valence-corrected chi connectivity index (χ2v) is 7.52. The zero-order chi connectivity index (χ0) is 18.8. The summed E-state index contributed by atoms with van der Waals surface area (Å²) in [6, 6.07) is 14.8. The van der Waals surface area contributed by atoms with E-state index in [0.717, 1.165) is 48.1 Å². The Morgan fingerprint density at radius 2 is 1.81 bits per heavy atom. The Balaban J connectivity index is 1.65. The summed E-state index contributed by atoms with van der Waals surface area (Å²) in [4.78, 5) is 21.7. The van der Waals surface area contributed by atoms with Crippen LogP contribution in [0.3, 0.4) is 0 Å². The van der Waals surface area contributed by atoms with Gasteiger partial charge < -0.3 is 14.4 Å². The first kappa shape index (κ1) is 17.7. The topological polar surface area (TPSA) is 41.4 Å². The van der Waals surface area contributed by atoms with Gasteiger partial charge in [0.25, 0.3) is 5.91 Å². The average molecular weight is 362 g/mol. The molecule has 3 heterocycles. The standard InChI is InChI=1S/C22H26N4O/c1-24(2)19-9-13-25(14-10-19)22(27)21-15-18-5-3-4-6-20(18)26(21)16-17-7-11-23-12-8-17/h3-8,11-12,15,19H,9-10,13-14,16H2,1-2H3. The minimum atomic E-state index is 0.137. The van der Waals surface area contributed by atoms with Gasteiger partial charge in [0.05, 0.1) is 0 Å². The van der Waals surface area contributed by atoms with Crippen molar-refractivity contribution in [3.8, 4) is 0 Å². The third-order valence-electron chi connectivity index (χ3n) is 5.60. The number of rotatable bonds is 4. The van der Waals surface area contributed by atoms with Crippen LogP contribution in [-0.2, 0) is 6.54 Å². The molecule has 1 aliphatic heterocycles. The van der Waals surface area contributed by atoms with Gasteiger partial charge in [-0.05, 0) is 56.8 Å². The molecule has 140 valence electrons. The van der Waals surface area contributed by atoms with Crippen LogP contribution in [0.1, 0.15) is 28.9 Å². The van der Waals surface area contributed by atoms with E-state index in [9.17, 15) is 4.79 Å². The number of para-hydroxylation sites is 1. The summed E-state index contributed by atoms with van der Waals surface area (Å²) in [7, 11) is 4.24. The van der Waals surface area contributed by atoms with Crippen molar-refractivity contribution in [2.24, 2.45) is 0 Å². The Morgan fingerprint density at radius 1 is 1.11 bits per heavy atom. The maximum atomic E-state index is 13.3. The fourth-order valence-corrected chi connectivity index (χ4v) is 3.98.